The van der Waals surface area contributed by atoms with Crippen LogP contribution < -0.4 is 5.73 Å². The van der Waals surface area contributed by atoms with Crippen molar-refractivity contribution in [2.75, 3.05) is 6.54 Å². The first-order valence-corrected chi connectivity index (χ1v) is 5.44. The Labute approximate surface area is 85.2 Å². The van der Waals surface area contributed by atoms with Crippen LogP contribution in [0.4, 0.5) is 0 Å². The van der Waals surface area contributed by atoms with Crippen LogP contribution >= 0.6 is 11.3 Å². The predicted molar refractivity (Wildman–Crippen MR) is 55.2 cm³/mol. The number of thiazole rings is 1. The maximum Gasteiger partial charge on any atom is 0.189 e. The molecule has 72 valence electrons. The van der Waals surface area contributed by atoms with Crippen molar-refractivity contribution < 1.29 is 0 Å². The summed E-state index contributed by atoms with van der Waals surface area (Å²) in [5.41, 5.74) is 6.66. The summed E-state index contributed by atoms with van der Waals surface area (Å²) in [5, 5.41) is 1.11. The van der Waals surface area contributed by atoms with Crippen molar-refractivity contribution in [1.29, 1.82) is 0 Å². The molecule has 0 amide bonds. The number of nitrogens with two attached hydrogens (primary N) is 1. The molecule has 1 aliphatic rings. The van der Waals surface area contributed by atoms with Gasteiger partial charge in [0.2, 0.25) is 0 Å². The van der Waals surface area contributed by atoms with Crippen LogP contribution in [0.3, 0.4) is 0 Å². The van der Waals surface area contributed by atoms with E-state index < -0.39 is 0 Å². The molecule has 14 heavy (non-hydrogen) atoms. The van der Waals surface area contributed by atoms with Gasteiger partial charge < -0.3 is 5.73 Å². The van der Waals surface area contributed by atoms with E-state index in [9.17, 15) is 0 Å². The van der Waals surface area contributed by atoms with Crippen LogP contribution in [-0.2, 0) is 5.41 Å². The first-order valence-electron chi connectivity index (χ1n) is 4.62. The summed E-state index contributed by atoms with van der Waals surface area (Å²) in [6, 6.07) is 0. The van der Waals surface area contributed by atoms with E-state index in [1.807, 2.05) is 0 Å². The van der Waals surface area contributed by atoms with Gasteiger partial charge in [0.1, 0.15) is 5.01 Å². The fourth-order valence-corrected chi connectivity index (χ4v) is 2.68. The van der Waals surface area contributed by atoms with Crippen LogP contribution in [0.5, 0.6) is 0 Å². The highest BCUT2D eigenvalue weighted by Crippen LogP contribution is 2.48. The van der Waals surface area contributed by atoms with Crippen LogP contribution in [0.1, 0.15) is 17.8 Å². The van der Waals surface area contributed by atoms with Gasteiger partial charge >= 0.3 is 0 Å². The van der Waals surface area contributed by atoms with Crippen molar-refractivity contribution >= 4 is 21.8 Å². The molecule has 0 spiro atoms. The van der Waals surface area contributed by atoms with Crippen LogP contribution in [-0.4, -0.2) is 21.5 Å². The normalized spacial score (nSPS) is 18.6. The Morgan fingerprint density at radius 2 is 2.14 bits per heavy atom. The number of rotatable bonds is 2. The molecule has 1 aliphatic carbocycles. The molecule has 1 saturated carbocycles. The third kappa shape index (κ3) is 1.06. The largest absolute Gasteiger partial charge is 0.329 e. The van der Waals surface area contributed by atoms with E-state index >= 15 is 0 Å². The molecule has 0 aliphatic heterocycles. The lowest BCUT2D eigenvalue weighted by molar-refractivity contribution is 0.699. The average Bonchev–Trinajstić information content (AvgIpc) is 2.91. The summed E-state index contributed by atoms with van der Waals surface area (Å²) in [6.07, 6.45) is 5.69. The molecule has 2 aromatic heterocycles. The Morgan fingerprint density at radius 3 is 2.79 bits per heavy atom. The highest BCUT2D eigenvalue weighted by atomic mass is 32.1. The zero-order chi connectivity index (χ0) is 9.60. The quantitative estimate of drug-likeness (QED) is 0.798. The monoisotopic (exact) mass is 206 g/mol. The Kier molecular flexibility index (Phi) is 1.60. The zero-order valence-electron chi connectivity index (χ0n) is 7.60. The predicted octanol–water partition coefficient (Wildman–Crippen LogP) is 1.08. The number of hydrogen-bond acceptors (Lipinski definition) is 5. The maximum atomic E-state index is 5.75. The third-order valence-electron chi connectivity index (χ3n) is 2.75. The third-order valence-corrected chi connectivity index (χ3v) is 3.94. The van der Waals surface area contributed by atoms with Crippen molar-refractivity contribution in [1.82, 2.24) is 15.0 Å². The highest BCUT2D eigenvalue weighted by molar-refractivity contribution is 7.18. The molecule has 0 bridgehead atoms. The maximum absolute atomic E-state index is 5.75. The molecular formula is C9H10N4S. The van der Waals surface area contributed by atoms with E-state index in [1.54, 1.807) is 23.7 Å². The summed E-state index contributed by atoms with van der Waals surface area (Å²) in [4.78, 5) is 13.8. The van der Waals surface area contributed by atoms with Crippen molar-refractivity contribution in [3.8, 4) is 0 Å². The van der Waals surface area contributed by atoms with Gasteiger partial charge in [-0.25, -0.2) is 15.0 Å². The zero-order valence-corrected chi connectivity index (χ0v) is 8.42. The van der Waals surface area contributed by atoms with E-state index in [0.717, 1.165) is 28.3 Å². The average molecular weight is 206 g/mol. The molecule has 5 heteroatoms. The standard InChI is InChI=1S/C9H10N4S/c10-5-9(1-2-9)8-13-6-7(14-8)12-4-3-11-6/h3-4H,1-2,5,10H2. The first kappa shape index (κ1) is 8.26. The van der Waals surface area contributed by atoms with E-state index in [1.165, 1.54) is 0 Å². The number of aromatic nitrogens is 3. The van der Waals surface area contributed by atoms with Gasteiger partial charge in [0.25, 0.3) is 0 Å². The second-order valence-corrected chi connectivity index (χ2v) is 4.67. The summed E-state index contributed by atoms with van der Waals surface area (Å²) in [6.45, 7) is 0.687. The van der Waals surface area contributed by atoms with E-state index in [2.05, 4.69) is 15.0 Å². The highest BCUT2D eigenvalue weighted by Gasteiger charge is 2.45. The van der Waals surface area contributed by atoms with Gasteiger partial charge in [-0.3, -0.25) is 0 Å². The molecule has 0 saturated heterocycles. The molecule has 2 heterocycles. The van der Waals surface area contributed by atoms with Crippen LogP contribution in [0, 0.1) is 0 Å². The molecule has 0 aromatic carbocycles. The van der Waals surface area contributed by atoms with Gasteiger partial charge in [0, 0.05) is 24.4 Å². The van der Waals surface area contributed by atoms with Gasteiger partial charge in [-0.1, -0.05) is 11.3 Å². The van der Waals surface area contributed by atoms with Gasteiger partial charge in [0.15, 0.2) is 10.5 Å². The molecule has 4 nitrogen and oxygen atoms in total. The Bertz CT molecular complexity index is 441. The number of hydrogen-bond donors (Lipinski definition) is 1. The second kappa shape index (κ2) is 2.71. The lowest BCUT2D eigenvalue weighted by atomic mass is 10.1. The van der Waals surface area contributed by atoms with Gasteiger partial charge in [-0.15, -0.1) is 0 Å². The van der Waals surface area contributed by atoms with Crippen molar-refractivity contribution in [2.45, 2.75) is 18.3 Å². The fourth-order valence-electron chi connectivity index (χ4n) is 1.56. The lowest BCUT2D eigenvalue weighted by Crippen LogP contribution is -2.19. The van der Waals surface area contributed by atoms with E-state index in [0.29, 0.717) is 6.54 Å². The van der Waals surface area contributed by atoms with E-state index in [4.69, 9.17) is 5.73 Å². The fraction of sp³-hybridized carbons (Fsp3) is 0.444. The van der Waals surface area contributed by atoms with Crippen LogP contribution in [0.15, 0.2) is 12.4 Å². The summed E-state index contributed by atoms with van der Waals surface area (Å²) >= 11 is 1.63. The molecular weight excluding hydrogens is 196 g/mol. The minimum Gasteiger partial charge on any atom is -0.329 e. The Hall–Kier alpha value is -1.07. The van der Waals surface area contributed by atoms with Gasteiger partial charge in [-0.2, -0.15) is 0 Å². The topological polar surface area (TPSA) is 64.7 Å². The molecule has 2 N–H and O–H groups in total. The molecule has 1 fully saturated rings. The molecule has 0 unspecified atom stereocenters. The SMILES string of the molecule is NCC1(c2nc3nccnc3s2)CC1. The van der Waals surface area contributed by atoms with E-state index in [-0.39, 0.29) is 5.41 Å². The molecule has 0 atom stereocenters. The van der Waals surface area contributed by atoms with Crippen LogP contribution in [0.2, 0.25) is 0 Å². The summed E-state index contributed by atoms with van der Waals surface area (Å²) in [5.74, 6) is 0. The van der Waals surface area contributed by atoms with Crippen molar-refractivity contribution in [3.05, 3.63) is 17.4 Å². The molecule has 2 aromatic rings. The Balaban J connectivity index is 2.15. The second-order valence-electron chi connectivity index (χ2n) is 3.69. The molecule has 3 rings (SSSR count). The minimum absolute atomic E-state index is 0.160. The summed E-state index contributed by atoms with van der Waals surface area (Å²) in [7, 11) is 0. The Morgan fingerprint density at radius 1 is 1.36 bits per heavy atom. The van der Waals surface area contributed by atoms with Crippen molar-refractivity contribution in [3.63, 3.8) is 0 Å². The van der Waals surface area contributed by atoms with Gasteiger partial charge in [0.05, 0.1) is 0 Å². The summed E-state index contributed by atoms with van der Waals surface area (Å²) < 4.78 is 0. The van der Waals surface area contributed by atoms with Crippen LogP contribution in [0.25, 0.3) is 10.5 Å². The number of fused-ring (bicyclic) bond motifs is 1. The lowest BCUT2D eigenvalue weighted by Gasteiger charge is -2.05. The minimum atomic E-state index is 0.160. The van der Waals surface area contributed by atoms with Crippen molar-refractivity contribution in [2.24, 2.45) is 5.73 Å². The van der Waals surface area contributed by atoms with Gasteiger partial charge in [-0.05, 0) is 12.8 Å². The number of nitrogens with zero attached hydrogens (tertiary/aromatic N) is 3. The smallest absolute Gasteiger partial charge is 0.189 e. The first-order chi connectivity index (χ1) is 6.84. The molecule has 0 radical (unpaired) electrons.